The number of thioether (sulfide) groups is 1. The van der Waals surface area contributed by atoms with Gasteiger partial charge in [-0.15, -0.1) is 11.8 Å². The molecule has 0 aromatic carbocycles. The van der Waals surface area contributed by atoms with Gasteiger partial charge in [-0.25, -0.2) is 0 Å². The Morgan fingerprint density at radius 1 is 1.31 bits per heavy atom. The van der Waals surface area contributed by atoms with Crippen molar-refractivity contribution >= 4 is 23.6 Å². The molecule has 0 spiro atoms. The van der Waals surface area contributed by atoms with E-state index in [9.17, 15) is 9.59 Å². The molecule has 0 radical (unpaired) electrons. The highest BCUT2D eigenvalue weighted by Crippen LogP contribution is 2.17. The third-order valence-corrected chi connectivity index (χ3v) is 3.84. The monoisotopic (exact) mass is 245 g/mol. The molecule has 1 atom stereocenters. The average Bonchev–Trinajstić information content (AvgIpc) is 2.28. The van der Waals surface area contributed by atoms with E-state index in [1.165, 1.54) is 18.2 Å². The standard InChI is InChI=1S/C11H19NO3S/c1-9(16-8-5-10(13)14)11(15)12-6-3-2-4-7-12/h9H,2-8H2,1H3,(H,13,14). The maximum Gasteiger partial charge on any atom is 0.304 e. The van der Waals surface area contributed by atoms with Crippen molar-refractivity contribution in [2.45, 2.75) is 37.9 Å². The Kier molecular flexibility index (Phi) is 5.66. The number of rotatable bonds is 5. The van der Waals surface area contributed by atoms with Crippen molar-refractivity contribution in [3.05, 3.63) is 0 Å². The van der Waals surface area contributed by atoms with Crippen LogP contribution in [-0.2, 0) is 9.59 Å². The summed E-state index contributed by atoms with van der Waals surface area (Å²) in [4.78, 5) is 24.2. The van der Waals surface area contributed by atoms with Crippen LogP contribution in [0.3, 0.4) is 0 Å². The molecular formula is C11H19NO3S. The molecule has 1 amide bonds. The van der Waals surface area contributed by atoms with E-state index in [4.69, 9.17) is 5.11 Å². The lowest BCUT2D eigenvalue weighted by atomic mass is 10.1. The molecule has 1 aliphatic heterocycles. The van der Waals surface area contributed by atoms with Crippen molar-refractivity contribution < 1.29 is 14.7 Å². The smallest absolute Gasteiger partial charge is 0.304 e. The Morgan fingerprint density at radius 2 is 1.94 bits per heavy atom. The lowest BCUT2D eigenvalue weighted by Gasteiger charge is -2.29. The Bertz CT molecular complexity index is 252. The van der Waals surface area contributed by atoms with E-state index < -0.39 is 5.97 Å². The molecule has 0 aliphatic carbocycles. The van der Waals surface area contributed by atoms with E-state index in [2.05, 4.69) is 0 Å². The molecule has 92 valence electrons. The molecule has 1 heterocycles. The van der Waals surface area contributed by atoms with E-state index in [-0.39, 0.29) is 17.6 Å². The number of hydrogen-bond donors (Lipinski definition) is 1. The summed E-state index contributed by atoms with van der Waals surface area (Å²) in [5, 5.41) is 8.39. The van der Waals surface area contributed by atoms with Gasteiger partial charge in [0.25, 0.3) is 0 Å². The number of hydrogen-bond acceptors (Lipinski definition) is 3. The summed E-state index contributed by atoms with van der Waals surface area (Å²) in [6, 6.07) is 0. The van der Waals surface area contributed by atoms with Crippen LogP contribution in [0.5, 0.6) is 0 Å². The molecule has 0 saturated carbocycles. The van der Waals surface area contributed by atoms with Crippen molar-refractivity contribution in [2.24, 2.45) is 0 Å². The number of aliphatic carboxylic acids is 1. The molecule has 1 fully saturated rings. The van der Waals surface area contributed by atoms with Gasteiger partial charge in [0.05, 0.1) is 11.7 Å². The largest absolute Gasteiger partial charge is 0.481 e. The van der Waals surface area contributed by atoms with Gasteiger partial charge >= 0.3 is 5.97 Å². The maximum absolute atomic E-state index is 11.9. The van der Waals surface area contributed by atoms with E-state index in [0.717, 1.165) is 25.9 Å². The van der Waals surface area contributed by atoms with Gasteiger partial charge in [0, 0.05) is 18.8 Å². The molecule has 0 bridgehead atoms. The SMILES string of the molecule is CC(SCCC(=O)O)C(=O)N1CCCCC1. The molecule has 1 aliphatic rings. The van der Waals surface area contributed by atoms with Crippen molar-refractivity contribution in [2.75, 3.05) is 18.8 Å². The molecular weight excluding hydrogens is 226 g/mol. The minimum Gasteiger partial charge on any atom is -0.481 e. The summed E-state index contributed by atoms with van der Waals surface area (Å²) in [6.45, 7) is 3.59. The summed E-state index contributed by atoms with van der Waals surface area (Å²) in [7, 11) is 0. The van der Waals surface area contributed by atoms with Crippen LogP contribution in [0.25, 0.3) is 0 Å². The van der Waals surface area contributed by atoms with E-state index in [0.29, 0.717) is 5.75 Å². The van der Waals surface area contributed by atoms with E-state index >= 15 is 0 Å². The molecule has 16 heavy (non-hydrogen) atoms. The predicted octanol–water partition coefficient (Wildman–Crippen LogP) is 1.60. The third kappa shape index (κ3) is 4.43. The van der Waals surface area contributed by atoms with Crippen molar-refractivity contribution in [1.29, 1.82) is 0 Å². The topological polar surface area (TPSA) is 57.6 Å². The zero-order chi connectivity index (χ0) is 12.0. The average molecular weight is 245 g/mol. The number of amides is 1. The van der Waals surface area contributed by atoms with Crippen LogP contribution in [-0.4, -0.2) is 46.0 Å². The fraction of sp³-hybridized carbons (Fsp3) is 0.818. The minimum absolute atomic E-state index is 0.113. The number of carbonyl (C=O) groups is 2. The highest BCUT2D eigenvalue weighted by Gasteiger charge is 2.22. The van der Waals surface area contributed by atoms with Crippen LogP contribution in [0.4, 0.5) is 0 Å². The Labute approximate surface area is 100 Å². The molecule has 0 aromatic rings. The summed E-state index contributed by atoms with van der Waals surface area (Å²) in [5.41, 5.74) is 0. The highest BCUT2D eigenvalue weighted by molar-refractivity contribution is 8.00. The number of piperidine rings is 1. The fourth-order valence-electron chi connectivity index (χ4n) is 1.77. The Morgan fingerprint density at radius 3 is 2.50 bits per heavy atom. The molecule has 1 rings (SSSR count). The van der Waals surface area contributed by atoms with Gasteiger partial charge in [0.1, 0.15) is 0 Å². The van der Waals surface area contributed by atoms with Crippen LogP contribution in [0.2, 0.25) is 0 Å². The van der Waals surface area contributed by atoms with E-state index in [1.54, 1.807) is 0 Å². The first kappa shape index (κ1) is 13.4. The number of likely N-dealkylation sites (tertiary alicyclic amines) is 1. The molecule has 4 nitrogen and oxygen atoms in total. The first-order valence-electron chi connectivity index (χ1n) is 5.73. The van der Waals surface area contributed by atoms with Crippen molar-refractivity contribution in [3.63, 3.8) is 0 Å². The lowest BCUT2D eigenvalue weighted by molar-refractivity contribution is -0.136. The van der Waals surface area contributed by atoms with Crippen LogP contribution in [0.15, 0.2) is 0 Å². The van der Waals surface area contributed by atoms with Gasteiger partial charge in [0.15, 0.2) is 0 Å². The van der Waals surface area contributed by atoms with Crippen molar-refractivity contribution in [1.82, 2.24) is 4.90 Å². The number of carbonyl (C=O) groups excluding carboxylic acids is 1. The normalized spacial score (nSPS) is 18.2. The Balaban J connectivity index is 2.26. The van der Waals surface area contributed by atoms with Gasteiger partial charge in [-0.2, -0.15) is 0 Å². The van der Waals surface area contributed by atoms with E-state index in [1.807, 2.05) is 11.8 Å². The van der Waals surface area contributed by atoms with Crippen molar-refractivity contribution in [3.8, 4) is 0 Å². The minimum atomic E-state index is -0.801. The first-order chi connectivity index (χ1) is 7.61. The van der Waals surface area contributed by atoms with Gasteiger partial charge in [-0.05, 0) is 26.2 Å². The van der Waals surface area contributed by atoms with Crippen LogP contribution in [0.1, 0.15) is 32.6 Å². The highest BCUT2D eigenvalue weighted by atomic mass is 32.2. The predicted molar refractivity (Wildman–Crippen MR) is 64.6 cm³/mol. The van der Waals surface area contributed by atoms with Gasteiger partial charge in [-0.1, -0.05) is 0 Å². The summed E-state index contributed by atoms with van der Waals surface area (Å²) >= 11 is 1.43. The first-order valence-corrected chi connectivity index (χ1v) is 6.78. The van der Waals surface area contributed by atoms with Crippen LogP contribution >= 0.6 is 11.8 Å². The summed E-state index contributed by atoms with van der Waals surface area (Å²) < 4.78 is 0. The van der Waals surface area contributed by atoms with Gasteiger partial charge in [0.2, 0.25) is 5.91 Å². The molecule has 1 unspecified atom stereocenters. The Hall–Kier alpha value is -0.710. The fourth-order valence-corrected chi connectivity index (χ4v) is 2.70. The molecule has 1 saturated heterocycles. The van der Waals surface area contributed by atoms with Gasteiger partial charge < -0.3 is 10.0 Å². The second-order valence-electron chi connectivity index (χ2n) is 4.04. The summed E-state index contributed by atoms with van der Waals surface area (Å²) in [6.07, 6.45) is 3.53. The quantitative estimate of drug-likeness (QED) is 0.799. The zero-order valence-corrected chi connectivity index (χ0v) is 10.5. The maximum atomic E-state index is 11.9. The number of nitrogens with zero attached hydrogens (tertiary/aromatic N) is 1. The second-order valence-corrected chi connectivity index (χ2v) is 5.49. The number of carboxylic acid groups (broad SMARTS) is 1. The van der Waals surface area contributed by atoms with Gasteiger partial charge in [-0.3, -0.25) is 9.59 Å². The zero-order valence-electron chi connectivity index (χ0n) is 9.65. The molecule has 1 N–H and O–H groups in total. The van der Waals surface area contributed by atoms with Crippen LogP contribution in [0, 0.1) is 0 Å². The lowest BCUT2D eigenvalue weighted by Crippen LogP contribution is -2.40. The summed E-state index contributed by atoms with van der Waals surface area (Å²) in [5.74, 6) is -0.129. The second kappa shape index (κ2) is 6.78. The van der Waals surface area contributed by atoms with Crippen LogP contribution < -0.4 is 0 Å². The number of carboxylic acids is 1. The molecule has 0 aromatic heterocycles. The third-order valence-electron chi connectivity index (χ3n) is 2.70. The molecule has 5 heteroatoms.